The van der Waals surface area contributed by atoms with Crippen LogP contribution in [0.5, 0.6) is 23.0 Å². The molecule has 0 spiro atoms. The van der Waals surface area contributed by atoms with Gasteiger partial charge >= 0.3 is 5.97 Å². The van der Waals surface area contributed by atoms with Gasteiger partial charge in [0.25, 0.3) is 0 Å². The number of aliphatic carboxylic acids is 1. The Kier molecular flexibility index (Phi) is 10.7. The lowest BCUT2D eigenvalue weighted by Crippen LogP contribution is -2.26. The molecule has 0 atom stereocenters. The Hall–Kier alpha value is -3.46. The number of methoxy groups -OCH3 is 2. The molecule has 0 fully saturated rings. The van der Waals surface area contributed by atoms with E-state index in [0.29, 0.717) is 26.3 Å². The van der Waals surface area contributed by atoms with Gasteiger partial charge in [-0.1, -0.05) is 0 Å². The zero-order valence-electron chi connectivity index (χ0n) is 24.3. The summed E-state index contributed by atoms with van der Waals surface area (Å²) in [5, 5.41) is 9.69. The third-order valence-electron chi connectivity index (χ3n) is 6.74. The summed E-state index contributed by atoms with van der Waals surface area (Å²) in [6.45, 7) is 2.87. The highest BCUT2D eigenvalue weighted by Gasteiger charge is 2.31. The molecule has 2 aromatic heterocycles. The fourth-order valence-electron chi connectivity index (χ4n) is 4.28. The maximum absolute atomic E-state index is 15.5. The van der Waals surface area contributed by atoms with Crippen LogP contribution in [0.1, 0.15) is 52.5 Å². The number of thiophene rings is 2. The average molecular weight is 669 g/mol. The van der Waals surface area contributed by atoms with Crippen LogP contribution in [0.25, 0.3) is 20.2 Å². The second-order valence-corrected chi connectivity index (χ2v) is 13.2. The molecule has 14 heteroatoms. The summed E-state index contributed by atoms with van der Waals surface area (Å²) in [5.41, 5.74) is -1.27. The molecule has 9 nitrogen and oxygen atoms in total. The second kappa shape index (κ2) is 14.1. The largest absolute Gasteiger partial charge is 0.493 e. The van der Waals surface area contributed by atoms with Crippen molar-refractivity contribution in [2.24, 2.45) is 5.41 Å². The number of carboxylic acid groups (broad SMARTS) is 1. The van der Waals surface area contributed by atoms with E-state index in [1.807, 2.05) is 0 Å². The van der Waals surface area contributed by atoms with Gasteiger partial charge in [0, 0.05) is 57.3 Å². The molecule has 0 aliphatic rings. The molecule has 0 saturated carbocycles. The Bertz CT molecular complexity index is 1710. The maximum atomic E-state index is 15.5. The summed E-state index contributed by atoms with van der Waals surface area (Å²) in [5.74, 6) is -2.94. The first-order valence-corrected chi connectivity index (χ1v) is 15.9. The van der Waals surface area contributed by atoms with E-state index >= 15 is 8.78 Å². The van der Waals surface area contributed by atoms with Gasteiger partial charge in [-0.3, -0.25) is 14.4 Å². The van der Waals surface area contributed by atoms with Gasteiger partial charge in [-0.25, -0.2) is 8.78 Å². The van der Waals surface area contributed by atoms with Gasteiger partial charge < -0.3 is 28.6 Å². The van der Waals surface area contributed by atoms with E-state index in [0.717, 1.165) is 22.7 Å². The van der Waals surface area contributed by atoms with Crippen LogP contribution in [0.2, 0.25) is 0 Å². The van der Waals surface area contributed by atoms with Crippen molar-refractivity contribution in [3.63, 3.8) is 0 Å². The minimum absolute atomic E-state index is 0.00885. The normalized spacial score (nSPS) is 11.6. The van der Waals surface area contributed by atoms with E-state index in [9.17, 15) is 19.5 Å². The van der Waals surface area contributed by atoms with E-state index in [4.69, 9.17) is 23.5 Å². The number of ketones is 2. The number of fused-ring (bicyclic) bond motifs is 2. The Morgan fingerprint density at radius 2 is 1.32 bits per heavy atom. The predicted octanol–water partition coefficient (Wildman–Crippen LogP) is 7.72. The van der Waals surface area contributed by atoms with E-state index < -0.39 is 28.8 Å². The first-order chi connectivity index (χ1) is 20.9. The van der Waals surface area contributed by atoms with Gasteiger partial charge in [-0.2, -0.15) is 0 Å². The molecule has 4 rings (SSSR count). The highest BCUT2D eigenvalue weighted by Crippen LogP contribution is 2.42. The third-order valence-corrected chi connectivity index (χ3v) is 9.37. The summed E-state index contributed by atoms with van der Waals surface area (Å²) >= 11 is 2.73. The monoisotopic (exact) mass is 668 g/mol. The molecule has 236 valence electrons. The van der Waals surface area contributed by atoms with Gasteiger partial charge in [0.2, 0.25) is 0 Å². The van der Waals surface area contributed by atoms with E-state index in [1.165, 1.54) is 40.2 Å². The predicted molar refractivity (Wildman–Crippen MR) is 167 cm³/mol. The van der Waals surface area contributed by atoms with E-state index in [-0.39, 0.29) is 82.7 Å². The van der Waals surface area contributed by atoms with Crippen LogP contribution in [-0.2, 0) is 4.79 Å². The van der Waals surface area contributed by atoms with Crippen LogP contribution in [-0.4, -0.2) is 60.4 Å². The van der Waals surface area contributed by atoms with Crippen molar-refractivity contribution in [1.29, 1.82) is 0 Å². The number of Topliss-reactive ketones (excluding diaryl/α,β-unsaturated/α-hetero) is 2. The van der Waals surface area contributed by atoms with Crippen molar-refractivity contribution in [3.8, 4) is 23.0 Å². The van der Waals surface area contributed by atoms with Crippen LogP contribution < -0.4 is 18.9 Å². The molecule has 0 amide bonds. The average Bonchev–Trinajstić information content (AvgIpc) is 3.62. The Morgan fingerprint density at radius 1 is 0.841 bits per heavy atom. The summed E-state index contributed by atoms with van der Waals surface area (Å²) in [7, 11) is 2.72. The van der Waals surface area contributed by atoms with Crippen LogP contribution in [0.4, 0.5) is 8.78 Å². The number of halogens is 2. The summed E-state index contributed by atoms with van der Waals surface area (Å²) < 4.78 is 62.8. The molecule has 2 heterocycles. The Morgan fingerprint density at radius 3 is 1.75 bits per heavy atom. The number of ether oxygens (including phenoxy) is 4. The first kappa shape index (κ1) is 33.4. The number of carbonyl (C=O) groups excluding carboxylic acids is 2. The molecule has 0 radical (unpaired) electrons. The number of hydrogen-bond acceptors (Lipinski definition) is 11. The van der Waals surface area contributed by atoms with E-state index in [1.54, 1.807) is 12.1 Å². The number of carboxylic acids is 1. The molecule has 0 aliphatic heterocycles. The van der Waals surface area contributed by atoms with Crippen LogP contribution in [0.15, 0.2) is 24.3 Å². The molecular formula is C30H30F2O9S3. The highest BCUT2D eigenvalue weighted by molar-refractivity contribution is 7.93. The van der Waals surface area contributed by atoms with Crippen molar-refractivity contribution < 1.29 is 51.8 Å². The molecular weight excluding hydrogens is 639 g/mol. The minimum atomic E-state index is -1.27. The van der Waals surface area contributed by atoms with Crippen molar-refractivity contribution in [3.05, 3.63) is 45.7 Å². The molecule has 4 aromatic rings. The Labute approximate surface area is 263 Å². The topological polar surface area (TPSA) is 129 Å². The number of benzene rings is 2. The summed E-state index contributed by atoms with van der Waals surface area (Å²) in [4.78, 5) is 37.1. The van der Waals surface area contributed by atoms with E-state index in [2.05, 4.69) is 0 Å². The molecule has 0 aliphatic carbocycles. The molecule has 0 bridgehead atoms. The fraction of sp³-hybridized carbons (Fsp3) is 0.367. The minimum Gasteiger partial charge on any atom is -0.493 e. The number of hydrogen-bond donors (Lipinski definition) is 2. The number of rotatable bonds is 16. The fourth-order valence-corrected chi connectivity index (χ4v) is 6.63. The molecule has 0 saturated heterocycles. The second-order valence-electron chi connectivity index (χ2n) is 10.3. The van der Waals surface area contributed by atoms with Gasteiger partial charge in [0.05, 0.1) is 42.6 Å². The van der Waals surface area contributed by atoms with Crippen LogP contribution in [0, 0.1) is 17.0 Å². The number of carbonyl (C=O) groups is 3. The quantitative estimate of drug-likeness (QED) is 0.0696. The molecule has 0 unspecified atom stereocenters. The zero-order chi connectivity index (χ0) is 32.2. The van der Waals surface area contributed by atoms with Gasteiger partial charge in [-0.15, -0.1) is 22.7 Å². The lowest BCUT2D eigenvalue weighted by molar-refractivity contribution is -0.146. The molecule has 44 heavy (non-hydrogen) atoms. The standard InChI is InChI=1S/C30H30F2O9S3/c1-30(2,29(35)36)14-18(34)24-11-16-22(44-24)13-20(39-4)28(26(16)32)41-8-5-7-40-27-19(38-3)12-21-15(25(27)31)10-23(43-21)17(33)6-9-42-37/h10-13,37H,5-9,14H2,1-4H3,(H,35,36). The molecule has 2 aromatic carbocycles. The molecule has 2 N–H and O–H groups in total. The lowest BCUT2D eigenvalue weighted by Gasteiger charge is -2.16. The van der Waals surface area contributed by atoms with Gasteiger partial charge in [-0.05, 0) is 38.0 Å². The lowest BCUT2D eigenvalue weighted by atomic mass is 9.87. The van der Waals surface area contributed by atoms with Gasteiger partial charge in [0.15, 0.2) is 46.2 Å². The van der Waals surface area contributed by atoms with Crippen molar-refractivity contribution >= 4 is 72.4 Å². The smallest absolute Gasteiger partial charge is 0.309 e. The van der Waals surface area contributed by atoms with Crippen LogP contribution >= 0.6 is 34.7 Å². The van der Waals surface area contributed by atoms with Crippen molar-refractivity contribution in [2.75, 3.05) is 33.2 Å². The first-order valence-electron chi connectivity index (χ1n) is 13.3. The van der Waals surface area contributed by atoms with Crippen molar-refractivity contribution in [1.82, 2.24) is 0 Å². The highest BCUT2D eigenvalue weighted by atomic mass is 32.2. The SMILES string of the molecule is COc1cc2sc(C(=O)CCSO)cc2c(F)c1OCCCOc1c(OC)cc2sc(C(=O)CC(C)(C)C(=O)O)cc2c1F. The van der Waals surface area contributed by atoms with Crippen LogP contribution in [0.3, 0.4) is 0 Å². The summed E-state index contributed by atoms with van der Waals surface area (Å²) in [6, 6.07) is 5.97. The Balaban J connectivity index is 1.45. The third kappa shape index (κ3) is 7.09. The zero-order valence-corrected chi connectivity index (χ0v) is 26.7. The van der Waals surface area contributed by atoms with Crippen molar-refractivity contribution in [2.45, 2.75) is 33.1 Å². The maximum Gasteiger partial charge on any atom is 0.309 e. The van der Waals surface area contributed by atoms with Gasteiger partial charge in [0.1, 0.15) is 0 Å². The summed E-state index contributed by atoms with van der Waals surface area (Å²) in [6.07, 6.45) is 0.0987.